The summed E-state index contributed by atoms with van der Waals surface area (Å²) in [6.07, 6.45) is 2.99. The Bertz CT molecular complexity index is 876. The van der Waals surface area contributed by atoms with Crippen LogP contribution in [0.3, 0.4) is 0 Å². The molecule has 1 aliphatic carbocycles. The van der Waals surface area contributed by atoms with Crippen molar-refractivity contribution in [1.82, 2.24) is 20.3 Å². The van der Waals surface area contributed by atoms with E-state index in [1.165, 1.54) is 6.26 Å². The fourth-order valence-corrected chi connectivity index (χ4v) is 2.33. The lowest BCUT2D eigenvalue weighted by Gasteiger charge is -1.99. The number of benzene rings is 1. The number of amides is 2. The number of nitrogens with one attached hydrogen (secondary N) is 3. The van der Waals surface area contributed by atoms with E-state index in [9.17, 15) is 9.59 Å². The van der Waals surface area contributed by atoms with Gasteiger partial charge in [0.1, 0.15) is 12.1 Å². The molecule has 1 aromatic carbocycles. The number of carbonyl (C=O) groups excluding carboxylic acids is 2. The van der Waals surface area contributed by atoms with Crippen LogP contribution >= 0.6 is 0 Å². The summed E-state index contributed by atoms with van der Waals surface area (Å²) in [5.74, 6) is 0.176. The van der Waals surface area contributed by atoms with Gasteiger partial charge in [0, 0.05) is 5.92 Å². The highest BCUT2D eigenvalue weighted by atomic mass is 16.4. The predicted octanol–water partition coefficient (Wildman–Crippen LogP) is 1.83. The van der Waals surface area contributed by atoms with Crippen LogP contribution in [0.15, 0.2) is 34.9 Å². The number of imidazole rings is 1. The van der Waals surface area contributed by atoms with Crippen LogP contribution in [0.25, 0.3) is 11.0 Å². The first-order chi connectivity index (χ1) is 11.7. The highest BCUT2D eigenvalue weighted by molar-refractivity contribution is 5.94. The van der Waals surface area contributed by atoms with Crippen LogP contribution in [0.5, 0.6) is 0 Å². The second-order valence-electron chi connectivity index (χ2n) is 5.68. The molecule has 0 radical (unpaired) electrons. The maximum Gasteiger partial charge on any atom is 0.302 e. The van der Waals surface area contributed by atoms with Crippen molar-refractivity contribution < 1.29 is 14.0 Å². The van der Waals surface area contributed by atoms with Crippen molar-refractivity contribution >= 4 is 28.9 Å². The van der Waals surface area contributed by atoms with Gasteiger partial charge in [0.15, 0.2) is 5.69 Å². The van der Waals surface area contributed by atoms with E-state index in [2.05, 4.69) is 25.6 Å². The number of hydrogen-bond acceptors (Lipinski definition) is 5. The van der Waals surface area contributed by atoms with E-state index in [1.54, 1.807) is 0 Å². The van der Waals surface area contributed by atoms with Gasteiger partial charge >= 0.3 is 6.01 Å². The van der Waals surface area contributed by atoms with Gasteiger partial charge in [-0.15, -0.1) is 0 Å². The van der Waals surface area contributed by atoms with E-state index in [4.69, 9.17) is 4.42 Å². The second kappa shape index (κ2) is 5.80. The zero-order valence-electron chi connectivity index (χ0n) is 12.7. The highest BCUT2D eigenvalue weighted by Gasteiger charge is 2.30. The molecule has 0 bridgehead atoms. The number of oxazole rings is 1. The zero-order chi connectivity index (χ0) is 16.5. The molecule has 8 heteroatoms. The van der Waals surface area contributed by atoms with E-state index < -0.39 is 5.91 Å². The monoisotopic (exact) mass is 325 g/mol. The van der Waals surface area contributed by atoms with Crippen LogP contribution < -0.4 is 10.6 Å². The Balaban J connectivity index is 1.37. The molecule has 1 saturated carbocycles. The average Bonchev–Trinajstić information content (AvgIpc) is 3.20. The molecule has 0 saturated heterocycles. The third kappa shape index (κ3) is 2.98. The average molecular weight is 325 g/mol. The molecule has 122 valence electrons. The van der Waals surface area contributed by atoms with Crippen molar-refractivity contribution in [3.05, 3.63) is 42.0 Å². The lowest BCUT2D eigenvalue weighted by atomic mass is 10.3. The van der Waals surface area contributed by atoms with Gasteiger partial charge in [-0.25, -0.2) is 4.98 Å². The first-order valence-electron chi connectivity index (χ1n) is 7.67. The summed E-state index contributed by atoms with van der Waals surface area (Å²) in [5.41, 5.74) is 1.86. The molecule has 0 aliphatic heterocycles. The van der Waals surface area contributed by atoms with Crippen molar-refractivity contribution in [3.8, 4) is 0 Å². The summed E-state index contributed by atoms with van der Waals surface area (Å²) in [4.78, 5) is 35.2. The Labute approximate surface area is 136 Å². The maximum atomic E-state index is 12.1. The number of para-hydroxylation sites is 2. The number of nitrogens with zero attached hydrogens (tertiary/aromatic N) is 2. The molecule has 3 N–H and O–H groups in total. The number of aromatic amines is 1. The van der Waals surface area contributed by atoms with E-state index in [1.807, 2.05) is 24.3 Å². The molecule has 4 rings (SSSR count). The van der Waals surface area contributed by atoms with E-state index in [-0.39, 0.29) is 30.1 Å². The normalized spacial score (nSPS) is 13.8. The van der Waals surface area contributed by atoms with Gasteiger partial charge in [-0.1, -0.05) is 12.1 Å². The molecular formula is C16H15N5O3. The predicted molar refractivity (Wildman–Crippen MR) is 85.1 cm³/mol. The molecule has 3 aromatic rings. The van der Waals surface area contributed by atoms with Crippen molar-refractivity contribution in [2.45, 2.75) is 19.4 Å². The third-order valence-corrected chi connectivity index (χ3v) is 3.77. The van der Waals surface area contributed by atoms with Gasteiger partial charge in [-0.3, -0.25) is 14.9 Å². The van der Waals surface area contributed by atoms with Crippen molar-refractivity contribution in [2.75, 3.05) is 5.32 Å². The molecule has 2 aromatic heterocycles. The smallest absolute Gasteiger partial charge is 0.302 e. The topological polar surface area (TPSA) is 113 Å². The Morgan fingerprint density at radius 3 is 2.88 bits per heavy atom. The van der Waals surface area contributed by atoms with Crippen LogP contribution in [-0.4, -0.2) is 26.8 Å². The van der Waals surface area contributed by atoms with E-state index in [0.29, 0.717) is 5.82 Å². The Hall–Kier alpha value is -3.16. The first-order valence-corrected chi connectivity index (χ1v) is 7.67. The summed E-state index contributed by atoms with van der Waals surface area (Å²) >= 11 is 0. The summed E-state index contributed by atoms with van der Waals surface area (Å²) in [5, 5.41) is 5.27. The minimum absolute atomic E-state index is 0.0424. The quantitative estimate of drug-likeness (QED) is 0.662. The molecule has 1 fully saturated rings. The molecule has 1 aliphatic rings. The SMILES string of the molecule is O=C(NCc1nc2ccccc2[nH]1)c1coc(NC(=O)C2CC2)n1. The van der Waals surface area contributed by atoms with E-state index >= 15 is 0 Å². The molecule has 0 unspecified atom stereocenters. The molecule has 0 atom stereocenters. The molecule has 2 heterocycles. The van der Waals surface area contributed by atoms with E-state index in [0.717, 1.165) is 23.9 Å². The van der Waals surface area contributed by atoms with Gasteiger partial charge in [0.05, 0.1) is 17.6 Å². The van der Waals surface area contributed by atoms with Gasteiger partial charge in [0.2, 0.25) is 5.91 Å². The Morgan fingerprint density at radius 2 is 2.08 bits per heavy atom. The number of aromatic nitrogens is 3. The molecule has 0 spiro atoms. The summed E-state index contributed by atoms with van der Waals surface area (Å²) in [7, 11) is 0. The van der Waals surface area contributed by atoms with Crippen LogP contribution in [-0.2, 0) is 11.3 Å². The van der Waals surface area contributed by atoms with Crippen LogP contribution in [0.4, 0.5) is 6.01 Å². The second-order valence-corrected chi connectivity index (χ2v) is 5.68. The zero-order valence-corrected chi connectivity index (χ0v) is 12.7. The Kier molecular flexibility index (Phi) is 3.49. The maximum absolute atomic E-state index is 12.1. The number of H-pyrrole nitrogens is 1. The lowest BCUT2D eigenvalue weighted by molar-refractivity contribution is -0.117. The van der Waals surface area contributed by atoms with Crippen LogP contribution in [0, 0.1) is 5.92 Å². The minimum Gasteiger partial charge on any atom is -0.431 e. The first kappa shape index (κ1) is 14.4. The van der Waals surface area contributed by atoms with Crippen LogP contribution in [0.1, 0.15) is 29.2 Å². The molecular weight excluding hydrogens is 310 g/mol. The van der Waals surface area contributed by atoms with Gasteiger partial charge < -0.3 is 14.7 Å². The minimum atomic E-state index is -0.397. The summed E-state index contributed by atoms with van der Waals surface area (Å²) < 4.78 is 5.11. The largest absolute Gasteiger partial charge is 0.431 e. The van der Waals surface area contributed by atoms with Crippen LogP contribution in [0.2, 0.25) is 0 Å². The number of carbonyl (C=O) groups is 2. The van der Waals surface area contributed by atoms with Crippen molar-refractivity contribution in [1.29, 1.82) is 0 Å². The fourth-order valence-electron chi connectivity index (χ4n) is 2.33. The summed E-state index contributed by atoms with van der Waals surface area (Å²) in [6.45, 7) is 0.240. The van der Waals surface area contributed by atoms with Crippen molar-refractivity contribution in [3.63, 3.8) is 0 Å². The molecule has 24 heavy (non-hydrogen) atoms. The number of rotatable bonds is 5. The third-order valence-electron chi connectivity index (χ3n) is 3.77. The lowest BCUT2D eigenvalue weighted by Crippen LogP contribution is -2.23. The molecule has 2 amide bonds. The number of hydrogen-bond donors (Lipinski definition) is 3. The van der Waals surface area contributed by atoms with Gasteiger partial charge in [-0.2, -0.15) is 4.98 Å². The summed E-state index contributed by atoms with van der Waals surface area (Å²) in [6, 6.07) is 7.67. The van der Waals surface area contributed by atoms with Gasteiger partial charge in [-0.05, 0) is 25.0 Å². The fraction of sp³-hybridized carbons (Fsp3) is 0.250. The number of fused-ring (bicyclic) bond motifs is 1. The van der Waals surface area contributed by atoms with Gasteiger partial charge in [0.25, 0.3) is 5.91 Å². The Morgan fingerprint density at radius 1 is 1.25 bits per heavy atom. The van der Waals surface area contributed by atoms with Crippen molar-refractivity contribution in [2.24, 2.45) is 5.92 Å². The molecule has 8 nitrogen and oxygen atoms in total. The highest BCUT2D eigenvalue weighted by Crippen LogP contribution is 2.30. The standard InChI is InChI=1S/C16H15N5O3/c22-14(9-5-6-9)21-16-20-12(8-24-16)15(23)17-7-13-18-10-3-1-2-4-11(10)19-13/h1-4,8-9H,5-7H2,(H,17,23)(H,18,19)(H,20,21,22). The number of anilines is 1.